The summed E-state index contributed by atoms with van der Waals surface area (Å²) in [6.45, 7) is 13.8. The van der Waals surface area contributed by atoms with Crippen LogP contribution in [0.5, 0.6) is 0 Å². The van der Waals surface area contributed by atoms with Gasteiger partial charge in [-0.3, -0.25) is 4.79 Å². The Kier molecular flexibility index (Phi) is 6.68. The molecule has 0 radical (unpaired) electrons. The largest absolute Gasteiger partial charge is 0.294 e. The predicted octanol–water partition coefficient (Wildman–Crippen LogP) is 4.07. The first-order chi connectivity index (χ1) is 7.02. The van der Waals surface area contributed by atoms with Crippen molar-refractivity contribution >= 4 is 5.78 Å². The molecule has 0 heterocycles. The van der Waals surface area contributed by atoms with E-state index in [9.17, 15) is 4.79 Å². The Labute approximate surface area is 93.6 Å². The van der Waals surface area contributed by atoms with Gasteiger partial charge in [-0.15, -0.1) is 0 Å². The van der Waals surface area contributed by atoms with Crippen LogP contribution in [-0.4, -0.2) is 5.78 Å². The standard InChI is InChI=1S/C14H22O/c1-6-8-9-14(15)13(7-2)10-12(5)11(3)4/h7,10-11H,2,5-6,8-9H2,1,3-4H3/b13-10+. The fourth-order valence-corrected chi connectivity index (χ4v) is 1.10. The molecule has 15 heavy (non-hydrogen) atoms. The molecule has 0 aliphatic rings. The summed E-state index contributed by atoms with van der Waals surface area (Å²) in [7, 11) is 0. The van der Waals surface area contributed by atoms with Crippen molar-refractivity contribution < 1.29 is 4.79 Å². The molecule has 1 nitrogen and oxygen atoms in total. The summed E-state index contributed by atoms with van der Waals surface area (Å²) in [5.41, 5.74) is 1.68. The maximum absolute atomic E-state index is 11.7. The summed E-state index contributed by atoms with van der Waals surface area (Å²) in [5, 5.41) is 0. The van der Waals surface area contributed by atoms with E-state index in [-0.39, 0.29) is 5.78 Å². The second-order valence-electron chi connectivity index (χ2n) is 4.06. The number of carbonyl (C=O) groups excluding carboxylic acids is 1. The van der Waals surface area contributed by atoms with E-state index in [1.807, 2.05) is 6.08 Å². The zero-order valence-corrected chi connectivity index (χ0v) is 10.2. The fraction of sp³-hybridized carbons (Fsp3) is 0.500. The van der Waals surface area contributed by atoms with E-state index < -0.39 is 0 Å². The van der Waals surface area contributed by atoms with Crippen molar-refractivity contribution in [1.82, 2.24) is 0 Å². The third kappa shape index (κ3) is 5.36. The van der Waals surface area contributed by atoms with Crippen molar-refractivity contribution in [3.05, 3.63) is 36.5 Å². The fourth-order valence-electron chi connectivity index (χ4n) is 1.10. The minimum Gasteiger partial charge on any atom is -0.294 e. The summed E-state index contributed by atoms with van der Waals surface area (Å²) < 4.78 is 0. The van der Waals surface area contributed by atoms with Gasteiger partial charge in [-0.1, -0.05) is 52.0 Å². The average Bonchev–Trinajstić information content (AvgIpc) is 2.21. The predicted molar refractivity (Wildman–Crippen MR) is 66.8 cm³/mol. The molecule has 0 rings (SSSR count). The van der Waals surface area contributed by atoms with Crippen molar-refractivity contribution in [2.75, 3.05) is 0 Å². The van der Waals surface area contributed by atoms with Crippen LogP contribution in [-0.2, 0) is 4.79 Å². The highest BCUT2D eigenvalue weighted by atomic mass is 16.1. The molecule has 0 aromatic rings. The van der Waals surface area contributed by atoms with Crippen molar-refractivity contribution in [1.29, 1.82) is 0 Å². The Morgan fingerprint density at radius 3 is 2.40 bits per heavy atom. The third-order valence-electron chi connectivity index (χ3n) is 2.38. The Morgan fingerprint density at radius 1 is 1.40 bits per heavy atom. The van der Waals surface area contributed by atoms with Gasteiger partial charge in [-0.25, -0.2) is 0 Å². The second-order valence-corrected chi connectivity index (χ2v) is 4.06. The number of rotatable bonds is 7. The molecule has 1 heteroatoms. The lowest BCUT2D eigenvalue weighted by Gasteiger charge is -2.06. The van der Waals surface area contributed by atoms with E-state index >= 15 is 0 Å². The average molecular weight is 206 g/mol. The zero-order chi connectivity index (χ0) is 11.8. The first-order valence-electron chi connectivity index (χ1n) is 5.59. The van der Waals surface area contributed by atoms with Gasteiger partial charge in [0.15, 0.2) is 5.78 Å². The van der Waals surface area contributed by atoms with Crippen molar-refractivity contribution in [3.63, 3.8) is 0 Å². The van der Waals surface area contributed by atoms with E-state index in [2.05, 4.69) is 33.9 Å². The molecular weight excluding hydrogens is 184 g/mol. The molecule has 0 saturated carbocycles. The quantitative estimate of drug-likeness (QED) is 0.453. The SMILES string of the molecule is C=C/C(=C\C(=C)C(C)C)C(=O)CCCC. The molecule has 0 unspecified atom stereocenters. The highest BCUT2D eigenvalue weighted by Crippen LogP contribution is 2.14. The minimum absolute atomic E-state index is 0.175. The molecule has 0 atom stereocenters. The molecule has 0 aliphatic heterocycles. The lowest BCUT2D eigenvalue weighted by Crippen LogP contribution is -2.01. The van der Waals surface area contributed by atoms with Gasteiger partial charge in [0.2, 0.25) is 0 Å². The first kappa shape index (κ1) is 13.9. The molecule has 0 aromatic carbocycles. The van der Waals surface area contributed by atoms with Crippen LogP contribution < -0.4 is 0 Å². The topological polar surface area (TPSA) is 17.1 Å². The minimum atomic E-state index is 0.175. The van der Waals surface area contributed by atoms with Crippen LogP contribution in [0.15, 0.2) is 36.5 Å². The van der Waals surface area contributed by atoms with E-state index in [1.165, 1.54) is 0 Å². The Bertz CT molecular complexity index is 269. The lowest BCUT2D eigenvalue weighted by molar-refractivity contribution is -0.115. The molecule has 0 saturated heterocycles. The highest BCUT2D eigenvalue weighted by Gasteiger charge is 2.06. The molecule has 84 valence electrons. The van der Waals surface area contributed by atoms with E-state index in [0.717, 1.165) is 18.4 Å². The van der Waals surface area contributed by atoms with Crippen LogP contribution in [0, 0.1) is 5.92 Å². The van der Waals surface area contributed by atoms with Crippen LogP contribution in [0.1, 0.15) is 40.0 Å². The summed E-state index contributed by atoms with van der Waals surface area (Å²) >= 11 is 0. The van der Waals surface area contributed by atoms with Crippen LogP contribution in [0.4, 0.5) is 0 Å². The molecular formula is C14H22O. The van der Waals surface area contributed by atoms with Gasteiger partial charge in [-0.2, -0.15) is 0 Å². The maximum Gasteiger partial charge on any atom is 0.162 e. The molecule has 0 spiro atoms. The van der Waals surface area contributed by atoms with Gasteiger partial charge in [0, 0.05) is 12.0 Å². The lowest BCUT2D eigenvalue weighted by atomic mass is 9.98. The van der Waals surface area contributed by atoms with Crippen LogP contribution in [0.3, 0.4) is 0 Å². The van der Waals surface area contributed by atoms with Crippen molar-refractivity contribution in [3.8, 4) is 0 Å². The second kappa shape index (κ2) is 7.22. The van der Waals surface area contributed by atoms with Crippen molar-refractivity contribution in [2.45, 2.75) is 40.0 Å². The smallest absolute Gasteiger partial charge is 0.162 e. The van der Waals surface area contributed by atoms with Gasteiger partial charge in [0.25, 0.3) is 0 Å². The van der Waals surface area contributed by atoms with E-state index in [1.54, 1.807) is 6.08 Å². The number of unbranched alkanes of at least 4 members (excludes halogenated alkanes) is 1. The van der Waals surface area contributed by atoms with Gasteiger partial charge in [0.05, 0.1) is 0 Å². The number of allylic oxidation sites excluding steroid dienone is 4. The highest BCUT2D eigenvalue weighted by molar-refractivity contribution is 5.98. The van der Waals surface area contributed by atoms with Crippen LogP contribution in [0.2, 0.25) is 0 Å². The Balaban J connectivity index is 4.54. The Hall–Kier alpha value is -1.11. The Morgan fingerprint density at radius 2 is 2.00 bits per heavy atom. The number of hydrogen-bond acceptors (Lipinski definition) is 1. The van der Waals surface area contributed by atoms with Crippen LogP contribution in [0.25, 0.3) is 0 Å². The van der Waals surface area contributed by atoms with Crippen molar-refractivity contribution in [2.24, 2.45) is 5.92 Å². The van der Waals surface area contributed by atoms with Gasteiger partial charge >= 0.3 is 0 Å². The summed E-state index contributed by atoms with van der Waals surface area (Å²) in [4.78, 5) is 11.7. The summed E-state index contributed by atoms with van der Waals surface area (Å²) in [6.07, 6.45) is 6.08. The molecule has 0 N–H and O–H groups in total. The van der Waals surface area contributed by atoms with Gasteiger partial charge in [-0.05, 0) is 18.4 Å². The van der Waals surface area contributed by atoms with E-state index in [0.29, 0.717) is 17.9 Å². The number of ketones is 1. The number of hydrogen-bond donors (Lipinski definition) is 0. The summed E-state index contributed by atoms with van der Waals surface area (Å²) in [6, 6.07) is 0. The molecule has 0 bridgehead atoms. The van der Waals surface area contributed by atoms with Gasteiger partial charge in [0.1, 0.15) is 0 Å². The van der Waals surface area contributed by atoms with Crippen LogP contribution >= 0.6 is 0 Å². The molecule has 0 fully saturated rings. The number of Topliss-reactive ketones (excluding diaryl/α,β-unsaturated/α-hetero) is 1. The third-order valence-corrected chi connectivity index (χ3v) is 2.38. The summed E-state index contributed by atoms with van der Waals surface area (Å²) in [5.74, 6) is 0.549. The molecule has 0 aromatic heterocycles. The normalized spacial score (nSPS) is 11.6. The maximum atomic E-state index is 11.7. The number of carbonyl (C=O) groups is 1. The molecule has 0 aliphatic carbocycles. The van der Waals surface area contributed by atoms with E-state index in [4.69, 9.17) is 0 Å². The zero-order valence-electron chi connectivity index (χ0n) is 10.2. The first-order valence-corrected chi connectivity index (χ1v) is 5.59. The monoisotopic (exact) mass is 206 g/mol. The molecule has 0 amide bonds. The van der Waals surface area contributed by atoms with Gasteiger partial charge < -0.3 is 0 Å².